The van der Waals surface area contributed by atoms with Gasteiger partial charge in [0, 0.05) is 19.6 Å². The number of carbonyl (C=O) groups is 1. The third kappa shape index (κ3) is 6.10. The highest BCUT2D eigenvalue weighted by molar-refractivity contribution is 5.84. The lowest BCUT2D eigenvalue weighted by Crippen LogP contribution is -2.45. The maximum absolute atomic E-state index is 14.1. The molecular formula is C27H26F6N4O2. The molecule has 39 heavy (non-hydrogen) atoms. The van der Waals surface area contributed by atoms with E-state index >= 15 is 0 Å². The Hall–Kier alpha value is -3.41. The fraction of sp³-hybridized carbons (Fsp3) is 0.444. The van der Waals surface area contributed by atoms with Crippen LogP contribution in [0, 0.1) is 11.3 Å². The molecule has 1 saturated carbocycles. The molecule has 0 bridgehead atoms. The average Bonchev–Trinajstić information content (AvgIpc) is 3.55. The number of alkyl halides is 6. The van der Waals surface area contributed by atoms with E-state index in [0.717, 1.165) is 19.0 Å². The number of H-pyrrole nitrogens is 1. The third-order valence-electron chi connectivity index (χ3n) is 7.39. The van der Waals surface area contributed by atoms with Gasteiger partial charge in [0.1, 0.15) is 0 Å². The van der Waals surface area contributed by atoms with Crippen molar-refractivity contribution in [3.8, 4) is 0 Å². The molecule has 2 aromatic carbocycles. The van der Waals surface area contributed by atoms with Crippen molar-refractivity contribution in [1.82, 2.24) is 20.2 Å². The molecule has 2 fully saturated rings. The second-order valence-electron chi connectivity index (χ2n) is 10.5. The van der Waals surface area contributed by atoms with Crippen molar-refractivity contribution in [1.29, 1.82) is 0 Å². The first kappa shape index (κ1) is 27.2. The summed E-state index contributed by atoms with van der Waals surface area (Å²) in [4.78, 5) is 33.9. The topological polar surface area (TPSA) is 78.1 Å². The summed E-state index contributed by atoms with van der Waals surface area (Å²) in [6.07, 6.45) is -5.75. The van der Waals surface area contributed by atoms with Crippen molar-refractivity contribution in [2.24, 2.45) is 11.3 Å². The lowest BCUT2D eigenvalue weighted by Gasteiger charge is -2.35. The van der Waals surface area contributed by atoms with E-state index in [9.17, 15) is 35.9 Å². The summed E-state index contributed by atoms with van der Waals surface area (Å²) in [6.45, 7) is 0.469. The van der Waals surface area contributed by atoms with Gasteiger partial charge in [-0.15, -0.1) is 0 Å². The summed E-state index contributed by atoms with van der Waals surface area (Å²) in [7, 11) is 0. The molecule has 2 N–H and O–H groups in total. The molecule has 1 amide bonds. The third-order valence-corrected chi connectivity index (χ3v) is 7.39. The predicted molar refractivity (Wildman–Crippen MR) is 130 cm³/mol. The Labute approximate surface area is 219 Å². The number of nitrogens with zero attached hydrogens (tertiary/aromatic N) is 2. The predicted octanol–water partition coefficient (Wildman–Crippen LogP) is 5.27. The van der Waals surface area contributed by atoms with E-state index in [2.05, 4.69) is 15.3 Å². The minimum atomic E-state index is -5.00. The SMILES string of the molecule is O=C(N(Cc1cc(C(F)(F)F)cc(C(F)(F)F)c1)Cc1ccc2ncc(=O)[nH]c2c1)C1(CC2CC2)CCNC1. The lowest BCUT2D eigenvalue weighted by atomic mass is 9.80. The number of hydrogen-bond acceptors (Lipinski definition) is 4. The first-order valence-electron chi connectivity index (χ1n) is 12.6. The molecule has 5 rings (SSSR count). The molecule has 0 spiro atoms. The maximum atomic E-state index is 14.1. The Bertz CT molecular complexity index is 1410. The van der Waals surface area contributed by atoms with Crippen molar-refractivity contribution in [2.45, 2.75) is 51.1 Å². The number of rotatable bonds is 7. The Morgan fingerprint density at radius 3 is 2.23 bits per heavy atom. The number of aromatic nitrogens is 2. The van der Waals surface area contributed by atoms with Crippen LogP contribution in [0.4, 0.5) is 26.3 Å². The number of fused-ring (bicyclic) bond motifs is 1. The first-order chi connectivity index (χ1) is 18.3. The Morgan fingerprint density at radius 2 is 1.64 bits per heavy atom. The van der Waals surface area contributed by atoms with Crippen molar-refractivity contribution >= 4 is 16.9 Å². The van der Waals surface area contributed by atoms with Crippen molar-refractivity contribution < 1.29 is 31.1 Å². The van der Waals surface area contributed by atoms with E-state index in [4.69, 9.17) is 0 Å². The Balaban J connectivity index is 1.54. The molecule has 2 aliphatic rings. The molecule has 3 aromatic rings. The largest absolute Gasteiger partial charge is 0.416 e. The van der Waals surface area contributed by atoms with Gasteiger partial charge in [-0.05, 0) is 66.8 Å². The van der Waals surface area contributed by atoms with Crippen molar-refractivity contribution in [2.75, 3.05) is 13.1 Å². The molecule has 1 unspecified atom stereocenters. The number of benzene rings is 2. The number of halogens is 6. The van der Waals surface area contributed by atoms with Gasteiger partial charge >= 0.3 is 12.4 Å². The van der Waals surface area contributed by atoms with E-state index in [1.165, 1.54) is 4.90 Å². The molecule has 2 heterocycles. The highest BCUT2D eigenvalue weighted by atomic mass is 19.4. The summed E-state index contributed by atoms with van der Waals surface area (Å²) in [5, 5.41) is 3.21. The zero-order valence-corrected chi connectivity index (χ0v) is 20.8. The molecule has 1 aromatic heterocycles. The van der Waals surface area contributed by atoms with Crippen LogP contribution in [0.2, 0.25) is 0 Å². The Morgan fingerprint density at radius 1 is 0.974 bits per heavy atom. The number of hydrogen-bond donors (Lipinski definition) is 2. The highest BCUT2D eigenvalue weighted by Crippen LogP contribution is 2.45. The zero-order chi connectivity index (χ0) is 28.0. The lowest BCUT2D eigenvalue weighted by molar-refractivity contribution is -0.143. The second-order valence-corrected chi connectivity index (χ2v) is 10.5. The number of amides is 1. The summed E-state index contributed by atoms with van der Waals surface area (Å²) in [5.74, 6) is 0.0584. The van der Waals surface area contributed by atoms with Gasteiger partial charge in [-0.1, -0.05) is 18.9 Å². The quantitative estimate of drug-likeness (QED) is 0.392. The van der Waals surface area contributed by atoms with E-state index in [1.807, 2.05) is 0 Å². The molecule has 208 valence electrons. The second kappa shape index (κ2) is 9.96. The minimum absolute atomic E-state index is 0.0737. The normalized spacial score (nSPS) is 19.9. The van der Waals surface area contributed by atoms with Crippen LogP contribution in [0.5, 0.6) is 0 Å². The van der Waals surface area contributed by atoms with Gasteiger partial charge in [0.15, 0.2) is 0 Å². The summed E-state index contributed by atoms with van der Waals surface area (Å²) < 4.78 is 81.2. The van der Waals surface area contributed by atoms with Crippen LogP contribution in [-0.4, -0.2) is 33.9 Å². The maximum Gasteiger partial charge on any atom is 0.416 e. The molecule has 0 radical (unpaired) electrons. The van der Waals surface area contributed by atoms with Crippen LogP contribution in [0.3, 0.4) is 0 Å². The first-order valence-corrected chi connectivity index (χ1v) is 12.6. The molecule has 1 aliphatic heterocycles. The monoisotopic (exact) mass is 552 g/mol. The molecule has 1 aliphatic carbocycles. The van der Waals surface area contributed by atoms with Crippen LogP contribution in [0.1, 0.15) is 47.9 Å². The summed E-state index contributed by atoms with van der Waals surface area (Å²) >= 11 is 0. The van der Waals surface area contributed by atoms with Crippen LogP contribution in [0.15, 0.2) is 47.4 Å². The van der Waals surface area contributed by atoms with Crippen LogP contribution < -0.4 is 10.9 Å². The minimum Gasteiger partial charge on any atom is -0.334 e. The fourth-order valence-electron chi connectivity index (χ4n) is 5.34. The standard InChI is InChI=1S/C27H26F6N4O2/c28-26(29,30)19-7-18(8-20(10-19)27(31,32)33)14-37(24(39)25(5-6-34-15-25)11-16-1-2-16)13-17-3-4-21-22(9-17)36-23(38)12-35-21/h3-4,7-10,12,16,34H,1-2,5-6,11,13-15H2,(H,36,38). The molecule has 6 nitrogen and oxygen atoms in total. The van der Waals surface area contributed by atoms with E-state index in [0.29, 0.717) is 60.6 Å². The van der Waals surface area contributed by atoms with Crippen LogP contribution in [0.25, 0.3) is 11.0 Å². The zero-order valence-electron chi connectivity index (χ0n) is 20.8. The molecular weight excluding hydrogens is 526 g/mol. The molecule has 12 heteroatoms. The van der Waals surface area contributed by atoms with E-state index in [1.54, 1.807) is 18.2 Å². The summed E-state index contributed by atoms with van der Waals surface area (Å²) in [5.41, 5.74) is -2.90. The van der Waals surface area contributed by atoms with Gasteiger partial charge in [0.25, 0.3) is 5.56 Å². The number of aromatic amines is 1. The smallest absolute Gasteiger partial charge is 0.334 e. The van der Waals surface area contributed by atoms with Gasteiger partial charge in [-0.3, -0.25) is 9.59 Å². The van der Waals surface area contributed by atoms with Crippen molar-refractivity contribution in [3.63, 3.8) is 0 Å². The van der Waals surface area contributed by atoms with Gasteiger partial charge in [0.05, 0.1) is 33.8 Å². The average molecular weight is 553 g/mol. The van der Waals surface area contributed by atoms with Crippen LogP contribution >= 0.6 is 0 Å². The molecule has 1 saturated heterocycles. The van der Waals surface area contributed by atoms with Gasteiger partial charge in [-0.25, -0.2) is 4.98 Å². The Kier molecular flexibility index (Phi) is 6.94. The van der Waals surface area contributed by atoms with Gasteiger partial charge in [0.2, 0.25) is 5.91 Å². The van der Waals surface area contributed by atoms with Crippen molar-refractivity contribution in [3.05, 3.63) is 75.2 Å². The summed E-state index contributed by atoms with van der Waals surface area (Å²) in [6, 6.07) is 6.32. The van der Waals surface area contributed by atoms with E-state index < -0.39 is 41.0 Å². The fourth-order valence-corrected chi connectivity index (χ4v) is 5.34. The molecule has 1 atom stereocenters. The van der Waals surface area contributed by atoms with Gasteiger partial charge in [-0.2, -0.15) is 26.3 Å². The van der Waals surface area contributed by atoms with Gasteiger partial charge < -0.3 is 15.2 Å². The van der Waals surface area contributed by atoms with Crippen LogP contribution in [-0.2, 0) is 30.2 Å². The number of nitrogens with one attached hydrogen (secondary N) is 2. The number of carbonyl (C=O) groups excluding carboxylic acids is 1. The highest BCUT2D eigenvalue weighted by Gasteiger charge is 2.47. The van der Waals surface area contributed by atoms with E-state index in [-0.39, 0.29) is 24.1 Å².